The number of amides is 11. The molecule has 0 aliphatic carbocycles. The number of aliphatic hydroxyl groups excluding tert-OH is 1. The number of allylic oxidation sites excluding steroid dienone is 2. The van der Waals surface area contributed by atoms with Gasteiger partial charge in [-0.25, -0.2) is 0 Å². The van der Waals surface area contributed by atoms with E-state index in [2.05, 4.69) is 21.3 Å². The Bertz CT molecular complexity index is 2340. The highest BCUT2D eigenvalue weighted by Gasteiger charge is 2.45. The molecule has 0 spiro atoms. The second kappa shape index (κ2) is 35.6. The van der Waals surface area contributed by atoms with Gasteiger partial charge in [0.15, 0.2) is 0 Å². The van der Waals surface area contributed by atoms with Crippen molar-refractivity contribution < 1.29 is 57.8 Å². The van der Waals surface area contributed by atoms with E-state index >= 15 is 14.4 Å². The van der Waals surface area contributed by atoms with Gasteiger partial charge in [-0.2, -0.15) is 0 Å². The molecule has 1 aliphatic rings. The predicted molar refractivity (Wildman–Crippen MR) is 333 cm³/mol. The molecular weight excluding hydrogens is 1100 g/mol. The molecule has 0 bridgehead atoms. The molecule has 0 radical (unpaired) electrons. The second-order valence-corrected chi connectivity index (χ2v) is 26.5. The third-order valence-electron chi connectivity index (χ3n) is 16.3. The maximum absolute atomic E-state index is 15.1. The fraction of sp³-hybridized carbons (Fsp3) is 0.794. The number of hydrogen-bond donors (Lipinski definition) is 5. The van der Waals surface area contributed by atoms with Crippen molar-refractivity contribution in [1.29, 1.82) is 0 Å². The summed E-state index contributed by atoms with van der Waals surface area (Å²) in [4.78, 5) is 169. The molecule has 0 saturated carbocycles. The molecule has 11 amide bonds. The number of nitrogens with one attached hydrogen (secondary N) is 4. The minimum Gasteiger partial charge on any atom is -0.390 e. The quantitative estimate of drug-likeness (QED) is 0.139. The highest BCUT2D eigenvalue weighted by Crippen LogP contribution is 2.25. The van der Waals surface area contributed by atoms with Gasteiger partial charge in [0.2, 0.25) is 65.0 Å². The zero-order valence-corrected chi connectivity index (χ0v) is 56.8. The maximum atomic E-state index is 15.1. The lowest BCUT2D eigenvalue weighted by Crippen LogP contribution is -2.63. The summed E-state index contributed by atoms with van der Waals surface area (Å²) >= 11 is 0. The first-order valence-corrected chi connectivity index (χ1v) is 31.0. The number of nitrogens with zero attached hydrogens (tertiary/aromatic N) is 7. The van der Waals surface area contributed by atoms with Crippen molar-refractivity contribution in [3.8, 4) is 0 Å². The summed E-state index contributed by atoms with van der Waals surface area (Å²) in [5.41, 5.74) is 0. The number of likely N-dealkylation sites (N-methyl/N-ethyl adjacent to an activating group) is 7. The monoisotopic (exact) mass is 1220 g/mol. The summed E-state index contributed by atoms with van der Waals surface area (Å²) in [5.74, 6) is -9.28. The normalized spacial score (nSPS) is 26.7. The minimum absolute atomic E-state index is 0.0234. The van der Waals surface area contributed by atoms with Crippen molar-refractivity contribution in [3.05, 3.63) is 12.2 Å². The molecule has 0 aromatic rings. The van der Waals surface area contributed by atoms with Gasteiger partial charge in [0.1, 0.15) is 60.4 Å². The van der Waals surface area contributed by atoms with E-state index in [0.717, 1.165) is 14.7 Å². The van der Waals surface area contributed by atoms with Gasteiger partial charge in [0.25, 0.3) is 0 Å². The SMILES string of the molecule is C/C=C/C[C@@H](C)[C@@H](O)[C@H]1C(=O)N[C@@H](CC)C(=O)N(C)CC(=O)N(C)[C@H](C)C(=O)N[C@@H](CC(C)C)C(=O)N(C)[C@@H](CC(C)C)C(=O)N[C@@H](CC(C)C)C(=O)N[C@H](C)C(=O)N(C)[C@@H](CC(C)C)C(=O)N(C)[C@H](CC(C)C)C(=O)N(C)[C@@H](C(C)C)C(=O)N1C. The van der Waals surface area contributed by atoms with Crippen LogP contribution >= 0.6 is 0 Å². The average molecular weight is 1220 g/mol. The summed E-state index contributed by atoms with van der Waals surface area (Å²) in [5, 5.41) is 23.2. The number of rotatable bonds is 16. The van der Waals surface area contributed by atoms with Crippen molar-refractivity contribution in [2.45, 2.75) is 229 Å². The largest absolute Gasteiger partial charge is 0.390 e. The standard InChI is InChI=1S/C63H113N11O12/c1-25-27-28-41(15)53(76)52-57(80)65-44(26-2)59(82)68(18)34-50(75)69(19)43(17)54(77)67-46(30-36(5)6)60(83)70(20)47(31-37(7)8)56(79)66-45(29-35(3)4)55(78)64-42(16)58(81)71(21)48(32-38(9)10)61(84)72(22)49(33-39(11)12)62(85)73(23)51(40(13)14)63(86)74(52)24/h25,27,35-49,51-53,76H,26,28-34H2,1-24H3,(H,64,78)(H,65,80)(H,66,79)(H,67,77)/b27-25+/t41-,42-,43-,44+,45+,46+,47+,48+,49-,51+,52+,53-/m1/s1. The molecule has 12 atom stereocenters. The highest BCUT2D eigenvalue weighted by molar-refractivity contribution is 5.99. The molecule has 0 unspecified atom stereocenters. The van der Waals surface area contributed by atoms with Crippen LogP contribution in [0.4, 0.5) is 0 Å². The fourth-order valence-electron chi connectivity index (χ4n) is 10.8. The molecule has 86 heavy (non-hydrogen) atoms. The van der Waals surface area contributed by atoms with Crippen LogP contribution in [0.25, 0.3) is 0 Å². The van der Waals surface area contributed by atoms with Gasteiger partial charge in [0, 0.05) is 49.3 Å². The summed E-state index contributed by atoms with van der Waals surface area (Å²) < 4.78 is 0. The van der Waals surface area contributed by atoms with Crippen LogP contribution < -0.4 is 21.3 Å². The van der Waals surface area contributed by atoms with E-state index in [1.54, 1.807) is 46.8 Å². The zero-order chi connectivity index (χ0) is 66.7. The summed E-state index contributed by atoms with van der Waals surface area (Å²) in [7, 11) is 9.90. The first-order valence-electron chi connectivity index (χ1n) is 31.0. The molecule has 1 saturated heterocycles. The molecule has 0 aromatic heterocycles. The molecule has 1 fully saturated rings. The van der Waals surface area contributed by atoms with Crippen molar-refractivity contribution in [2.24, 2.45) is 41.4 Å². The van der Waals surface area contributed by atoms with E-state index in [1.807, 2.05) is 69.2 Å². The van der Waals surface area contributed by atoms with Crippen LogP contribution in [-0.4, -0.2) is 227 Å². The Morgan fingerprint density at radius 1 is 0.453 bits per heavy atom. The first kappa shape index (κ1) is 77.9. The van der Waals surface area contributed by atoms with Crippen LogP contribution in [0.3, 0.4) is 0 Å². The van der Waals surface area contributed by atoms with E-state index in [0.29, 0.717) is 6.42 Å². The van der Waals surface area contributed by atoms with Gasteiger partial charge in [-0.3, -0.25) is 52.7 Å². The Kier molecular flexibility index (Phi) is 32.3. The second-order valence-electron chi connectivity index (χ2n) is 26.5. The van der Waals surface area contributed by atoms with Gasteiger partial charge in [-0.1, -0.05) is 109 Å². The molecule has 492 valence electrons. The van der Waals surface area contributed by atoms with Gasteiger partial charge < -0.3 is 60.7 Å². The maximum Gasteiger partial charge on any atom is 0.246 e. The van der Waals surface area contributed by atoms with Gasteiger partial charge in [-0.15, -0.1) is 0 Å². The number of aliphatic hydroxyl groups is 1. The zero-order valence-electron chi connectivity index (χ0n) is 56.8. The van der Waals surface area contributed by atoms with Crippen LogP contribution in [0.1, 0.15) is 163 Å². The number of carbonyl (C=O) groups excluding carboxylic acids is 11. The van der Waals surface area contributed by atoms with E-state index in [-0.39, 0.29) is 68.1 Å². The fourth-order valence-corrected chi connectivity index (χ4v) is 10.8. The third-order valence-corrected chi connectivity index (χ3v) is 16.3. The Labute approximate surface area is 515 Å². The summed E-state index contributed by atoms with van der Waals surface area (Å²) in [6.07, 6.45) is 3.19. The Morgan fingerprint density at radius 3 is 1.34 bits per heavy atom. The van der Waals surface area contributed by atoms with Crippen molar-refractivity contribution in [1.82, 2.24) is 55.6 Å². The average Bonchev–Trinajstić information content (AvgIpc) is 1.32. The Hall–Kier alpha value is -6.13. The van der Waals surface area contributed by atoms with E-state index in [4.69, 9.17) is 0 Å². The molecule has 23 nitrogen and oxygen atoms in total. The third kappa shape index (κ3) is 22.2. The number of hydrogen-bond acceptors (Lipinski definition) is 12. The smallest absolute Gasteiger partial charge is 0.246 e. The molecule has 1 aliphatic heterocycles. The lowest BCUT2D eigenvalue weighted by atomic mass is 9.91. The minimum atomic E-state index is -1.61. The Balaban J connectivity index is 4.34. The highest BCUT2D eigenvalue weighted by atomic mass is 16.3. The summed E-state index contributed by atoms with van der Waals surface area (Å²) in [6.45, 7) is 29.7. The van der Waals surface area contributed by atoms with Crippen molar-refractivity contribution in [3.63, 3.8) is 0 Å². The topological polar surface area (TPSA) is 279 Å². The van der Waals surface area contributed by atoms with Crippen LogP contribution in [0.15, 0.2) is 12.2 Å². The molecular formula is C63H113N11O12. The molecule has 1 rings (SSSR count). The lowest BCUT2D eigenvalue weighted by molar-refractivity contribution is -0.157. The number of carbonyl (C=O) groups is 11. The van der Waals surface area contributed by atoms with E-state index in [9.17, 15) is 43.5 Å². The predicted octanol–water partition coefficient (Wildman–Crippen LogP) is 3.66. The van der Waals surface area contributed by atoms with E-state index in [1.165, 1.54) is 82.8 Å². The molecule has 5 N–H and O–H groups in total. The van der Waals surface area contributed by atoms with Crippen LogP contribution in [0.5, 0.6) is 0 Å². The van der Waals surface area contributed by atoms with Gasteiger partial charge >= 0.3 is 0 Å². The molecule has 23 heteroatoms. The van der Waals surface area contributed by atoms with E-state index < -0.39 is 150 Å². The van der Waals surface area contributed by atoms with Gasteiger partial charge in [0.05, 0.1) is 12.6 Å². The van der Waals surface area contributed by atoms with Gasteiger partial charge in [-0.05, 0) is 107 Å². The summed E-state index contributed by atoms with van der Waals surface area (Å²) in [6, 6.07) is -12.3. The first-order chi connectivity index (χ1) is 39.7. The Morgan fingerprint density at radius 2 is 0.872 bits per heavy atom. The lowest BCUT2D eigenvalue weighted by Gasteiger charge is -2.41. The van der Waals surface area contributed by atoms with Crippen LogP contribution in [0.2, 0.25) is 0 Å². The molecule has 0 aromatic carbocycles. The van der Waals surface area contributed by atoms with Crippen LogP contribution in [-0.2, 0) is 52.7 Å². The van der Waals surface area contributed by atoms with Crippen LogP contribution in [0, 0.1) is 41.4 Å². The van der Waals surface area contributed by atoms with Crippen molar-refractivity contribution >= 4 is 65.0 Å². The molecule has 1 heterocycles. The van der Waals surface area contributed by atoms with Crippen molar-refractivity contribution in [2.75, 3.05) is 55.9 Å².